The fourth-order valence-corrected chi connectivity index (χ4v) is 3.26. The van der Waals surface area contributed by atoms with Crippen LogP contribution in [-0.4, -0.2) is 6.54 Å². The number of hydrogen-bond donors (Lipinski definition) is 0. The predicted molar refractivity (Wildman–Crippen MR) is 57.9 cm³/mol. The molecule has 0 unspecified atom stereocenters. The Morgan fingerprint density at radius 1 is 1.73 bits per heavy atom. The van der Waals surface area contributed by atoms with Gasteiger partial charge in [0.25, 0.3) is 0 Å². The Hall–Kier alpha value is -1.17. The average Bonchev–Trinajstić information content (AvgIpc) is 2.56. The summed E-state index contributed by atoms with van der Waals surface area (Å²) in [6.45, 7) is 2.48. The maximum atomic E-state index is 10.4. The van der Waals surface area contributed by atoms with E-state index < -0.39 is 0 Å². The number of nitrogens with zero attached hydrogens (tertiary/aromatic N) is 2. The summed E-state index contributed by atoms with van der Waals surface area (Å²) in [5.41, 5.74) is 1.38. The topological polar surface area (TPSA) is 53.2 Å². The van der Waals surface area contributed by atoms with Gasteiger partial charge in [0, 0.05) is 11.8 Å². The van der Waals surface area contributed by atoms with Crippen LogP contribution in [0.15, 0.2) is 16.8 Å². The largest absolute Gasteiger partial charge is 0.198 e. The van der Waals surface area contributed by atoms with Crippen LogP contribution < -0.4 is 0 Å². The zero-order chi connectivity index (χ0) is 10.9. The molecule has 0 amide bonds. The van der Waals surface area contributed by atoms with Crippen molar-refractivity contribution in [1.29, 1.82) is 5.26 Å². The van der Waals surface area contributed by atoms with Crippen LogP contribution in [0.25, 0.3) is 0 Å². The van der Waals surface area contributed by atoms with E-state index in [2.05, 4.69) is 24.2 Å². The van der Waals surface area contributed by atoms with Gasteiger partial charge in [0.15, 0.2) is 0 Å². The number of nitriles is 1. The molecule has 0 radical (unpaired) electrons. The number of nitroso groups, excluding NO2 is 1. The lowest BCUT2D eigenvalue weighted by Crippen LogP contribution is -2.47. The standard InChI is InChI=1S/C12H16N2O/c1-2-9-5-10-7-12(3-4-13,8-14-15)11(10)6-9/h6,10-11H,2-3,5,7-8H2,1H3/t10-,11-,12+/m1/s1. The average molecular weight is 204 g/mol. The summed E-state index contributed by atoms with van der Waals surface area (Å²) in [6, 6.07) is 2.21. The minimum atomic E-state index is -0.113. The number of hydrogen-bond acceptors (Lipinski definition) is 3. The molecule has 0 heterocycles. The molecule has 1 fully saturated rings. The number of fused-ring (bicyclic) bond motifs is 1. The fraction of sp³-hybridized carbons (Fsp3) is 0.750. The van der Waals surface area contributed by atoms with Gasteiger partial charge in [0.05, 0.1) is 12.6 Å². The molecule has 2 rings (SSSR count). The highest BCUT2D eigenvalue weighted by molar-refractivity contribution is 5.24. The molecular formula is C12H16N2O. The Morgan fingerprint density at radius 3 is 3.13 bits per heavy atom. The van der Waals surface area contributed by atoms with E-state index in [1.54, 1.807) is 0 Å². The van der Waals surface area contributed by atoms with Crippen LogP contribution in [0, 0.1) is 33.5 Å². The van der Waals surface area contributed by atoms with Crippen molar-refractivity contribution in [2.75, 3.05) is 6.54 Å². The van der Waals surface area contributed by atoms with E-state index in [1.165, 1.54) is 12.0 Å². The summed E-state index contributed by atoms with van der Waals surface area (Å²) in [5, 5.41) is 11.9. The van der Waals surface area contributed by atoms with Crippen molar-refractivity contribution in [3.05, 3.63) is 16.6 Å². The first-order chi connectivity index (χ1) is 7.25. The summed E-state index contributed by atoms with van der Waals surface area (Å²) in [6.07, 6.45) is 6.07. The zero-order valence-corrected chi connectivity index (χ0v) is 9.07. The second kappa shape index (κ2) is 3.77. The van der Waals surface area contributed by atoms with Crippen LogP contribution in [-0.2, 0) is 0 Å². The Balaban J connectivity index is 2.14. The van der Waals surface area contributed by atoms with Gasteiger partial charge in [0.2, 0.25) is 0 Å². The van der Waals surface area contributed by atoms with Crippen molar-refractivity contribution in [2.24, 2.45) is 22.4 Å². The quantitative estimate of drug-likeness (QED) is 0.522. The molecule has 80 valence electrons. The van der Waals surface area contributed by atoms with Crippen LogP contribution >= 0.6 is 0 Å². The van der Waals surface area contributed by atoms with Gasteiger partial charge < -0.3 is 0 Å². The van der Waals surface area contributed by atoms with Crippen molar-refractivity contribution in [3.8, 4) is 6.07 Å². The van der Waals surface area contributed by atoms with Gasteiger partial charge in [-0.1, -0.05) is 23.7 Å². The molecule has 0 aliphatic heterocycles. The first-order valence-electron chi connectivity index (χ1n) is 5.61. The Bertz CT molecular complexity index is 342. The Morgan fingerprint density at radius 2 is 2.53 bits per heavy atom. The number of allylic oxidation sites excluding steroid dienone is 2. The summed E-state index contributed by atoms with van der Waals surface area (Å²) in [7, 11) is 0. The summed E-state index contributed by atoms with van der Waals surface area (Å²) in [4.78, 5) is 10.4. The van der Waals surface area contributed by atoms with E-state index in [0.29, 0.717) is 24.8 Å². The minimum absolute atomic E-state index is 0.113. The Kier molecular flexibility index (Phi) is 2.60. The molecule has 0 saturated heterocycles. The van der Waals surface area contributed by atoms with Crippen LogP contribution in [0.1, 0.15) is 32.6 Å². The minimum Gasteiger partial charge on any atom is -0.198 e. The van der Waals surface area contributed by atoms with Gasteiger partial charge in [-0.2, -0.15) is 10.2 Å². The van der Waals surface area contributed by atoms with Crippen LogP contribution in [0.3, 0.4) is 0 Å². The van der Waals surface area contributed by atoms with E-state index in [1.807, 2.05) is 0 Å². The monoisotopic (exact) mass is 204 g/mol. The molecule has 2 aliphatic rings. The van der Waals surface area contributed by atoms with Gasteiger partial charge in [0.1, 0.15) is 0 Å². The lowest BCUT2D eigenvalue weighted by atomic mass is 9.53. The first-order valence-corrected chi connectivity index (χ1v) is 5.61. The third kappa shape index (κ3) is 1.49. The maximum Gasteiger partial charge on any atom is 0.0883 e. The molecule has 0 N–H and O–H groups in total. The SMILES string of the molecule is CCC1=C[C@@H]2[C@H](C1)C[C@@]2(CC#N)CN=O. The van der Waals surface area contributed by atoms with Crippen molar-refractivity contribution in [1.82, 2.24) is 0 Å². The van der Waals surface area contributed by atoms with Gasteiger partial charge in [-0.25, -0.2) is 0 Å². The highest BCUT2D eigenvalue weighted by Crippen LogP contribution is 2.60. The van der Waals surface area contributed by atoms with Crippen molar-refractivity contribution in [3.63, 3.8) is 0 Å². The van der Waals surface area contributed by atoms with Crippen LogP contribution in [0.4, 0.5) is 0 Å². The fourth-order valence-electron chi connectivity index (χ4n) is 3.26. The second-order valence-corrected chi connectivity index (χ2v) is 4.86. The molecule has 1 saturated carbocycles. The molecule has 2 aliphatic carbocycles. The summed E-state index contributed by atoms with van der Waals surface area (Å²) < 4.78 is 0. The third-order valence-electron chi connectivity index (χ3n) is 4.09. The highest BCUT2D eigenvalue weighted by Gasteiger charge is 2.54. The lowest BCUT2D eigenvalue weighted by Gasteiger charge is -2.49. The van der Waals surface area contributed by atoms with Crippen LogP contribution in [0.2, 0.25) is 0 Å². The van der Waals surface area contributed by atoms with Gasteiger partial charge in [-0.05, 0) is 31.1 Å². The molecule has 3 heteroatoms. The van der Waals surface area contributed by atoms with E-state index in [4.69, 9.17) is 5.26 Å². The van der Waals surface area contributed by atoms with Crippen molar-refractivity contribution in [2.45, 2.75) is 32.6 Å². The second-order valence-electron chi connectivity index (χ2n) is 4.86. The Labute approximate surface area is 90.1 Å². The molecule has 0 aromatic heterocycles. The molecule has 3 atom stereocenters. The molecule has 0 spiro atoms. The molecule has 0 bridgehead atoms. The predicted octanol–water partition coefficient (Wildman–Crippen LogP) is 3.03. The summed E-state index contributed by atoms with van der Waals surface area (Å²) in [5.74, 6) is 1.14. The highest BCUT2D eigenvalue weighted by atomic mass is 16.3. The van der Waals surface area contributed by atoms with Crippen LogP contribution in [0.5, 0.6) is 0 Å². The van der Waals surface area contributed by atoms with E-state index in [9.17, 15) is 4.91 Å². The van der Waals surface area contributed by atoms with E-state index in [-0.39, 0.29) is 5.41 Å². The van der Waals surface area contributed by atoms with E-state index >= 15 is 0 Å². The van der Waals surface area contributed by atoms with Crippen molar-refractivity contribution >= 4 is 0 Å². The normalized spacial score (nSPS) is 37.5. The third-order valence-corrected chi connectivity index (χ3v) is 4.09. The molecule has 0 aromatic carbocycles. The molecule has 0 aromatic rings. The maximum absolute atomic E-state index is 10.4. The molecule has 3 nitrogen and oxygen atoms in total. The summed E-state index contributed by atoms with van der Waals surface area (Å²) >= 11 is 0. The molecular weight excluding hydrogens is 188 g/mol. The molecule has 15 heavy (non-hydrogen) atoms. The first kappa shape index (κ1) is 10.4. The van der Waals surface area contributed by atoms with E-state index in [0.717, 1.165) is 12.8 Å². The van der Waals surface area contributed by atoms with Gasteiger partial charge >= 0.3 is 0 Å². The van der Waals surface area contributed by atoms with Gasteiger partial charge in [-0.15, -0.1) is 0 Å². The zero-order valence-electron chi connectivity index (χ0n) is 9.07. The smallest absolute Gasteiger partial charge is 0.0883 e. The lowest BCUT2D eigenvalue weighted by molar-refractivity contribution is 0.0136. The number of rotatable bonds is 4. The van der Waals surface area contributed by atoms with Crippen molar-refractivity contribution < 1.29 is 0 Å². The van der Waals surface area contributed by atoms with Gasteiger partial charge in [-0.3, -0.25) is 0 Å².